The van der Waals surface area contributed by atoms with Gasteiger partial charge in [-0.05, 0) is 29.8 Å². The maximum atomic E-state index is 12.4. The van der Waals surface area contributed by atoms with Gasteiger partial charge in [0.1, 0.15) is 5.82 Å². The number of pyridine rings is 1. The smallest absolute Gasteiger partial charge is 0.257 e. The molecule has 0 bridgehead atoms. The van der Waals surface area contributed by atoms with Crippen LogP contribution in [-0.2, 0) is 0 Å². The third-order valence-electron chi connectivity index (χ3n) is 2.91. The summed E-state index contributed by atoms with van der Waals surface area (Å²) in [7, 11) is 0. The van der Waals surface area contributed by atoms with Crippen molar-refractivity contribution in [2.24, 2.45) is 0 Å². The highest BCUT2D eigenvalue weighted by molar-refractivity contribution is 6.07. The zero-order valence-electron chi connectivity index (χ0n) is 11.2. The molecule has 0 unspecified atom stereocenters. The Morgan fingerprint density at radius 2 is 2.05 bits per heavy atom. The van der Waals surface area contributed by atoms with Crippen LogP contribution in [0.25, 0.3) is 11.4 Å². The van der Waals surface area contributed by atoms with Crippen LogP contribution in [0.5, 0.6) is 0 Å². The molecule has 2 aromatic heterocycles. The Morgan fingerprint density at radius 1 is 1.19 bits per heavy atom. The number of nitrogens with one attached hydrogen (secondary N) is 2. The van der Waals surface area contributed by atoms with Gasteiger partial charge in [-0.2, -0.15) is 5.21 Å². The number of rotatable bonds is 3. The predicted molar refractivity (Wildman–Crippen MR) is 76.5 cm³/mol. The van der Waals surface area contributed by atoms with Crippen molar-refractivity contribution in [1.29, 1.82) is 0 Å². The van der Waals surface area contributed by atoms with E-state index in [1.807, 2.05) is 19.1 Å². The monoisotopic (exact) mass is 280 g/mol. The van der Waals surface area contributed by atoms with Crippen molar-refractivity contribution in [3.05, 3.63) is 53.7 Å². The maximum Gasteiger partial charge on any atom is 0.257 e. The average molecular weight is 280 g/mol. The second-order valence-electron chi connectivity index (χ2n) is 4.46. The highest BCUT2D eigenvalue weighted by atomic mass is 16.1. The summed E-state index contributed by atoms with van der Waals surface area (Å²) in [6, 6.07) is 10.7. The van der Waals surface area contributed by atoms with E-state index in [0.717, 1.165) is 5.56 Å². The molecule has 0 atom stereocenters. The molecule has 0 radical (unpaired) electrons. The van der Waals surface area contributed by atoms with Crippen LogP contribution in [-0.4, -0.2) is 31.5 Å². The number of anilines is 1. The molecule has 0 aliphatic carbocycles. The molecule has 21 heavy (non-hydrogen) atoms. The number of nitrogens with zero attached hydrogens (tertiary/aromatic N) is 4. The maximum absolute atomic E-state index is 12.4. The van der Waals surface area contributed by atoms with E-state index in [9.17, 15) is 4.79 Å². The van der Waals surface area contributed by atoms with Crippen LogP contribution in [0.3, 0.4) is 0 Å². The Morgan fingerprint density at radius 3 is 2.76 bits per heavy atom. The molecular weight excluding hydrogens is 268 g/mol. The fourth-order valence-corrected chi connectivity index (χ4v) is 1.88. The van der Waals surface area contributed by atoms with Gasteiger partial charge in [0, 0.05) is 11.8 Å². The quantitative estimate of drug-likeness (QED) is 0.762. The van der Waals surface area contributed by atoms with Gasteiger partial charge >= 0.3 is 0 Å². The van der Waals surface area contributed by atoms with Gasteiger partial charge in [0.15, 0.2) is 0 Å². The van der Waals surface area contributed by atoms with Crippen molar-refractivity contribution < 1.29 is 4.79 Å². The minimum Gasteiger partial charge on any atom is -0.307 e. The zero-order chi connectivity index (χ0) is 14.7. The SMILES string of the molecule is Cc1ccc(NC(=O)c2ccccc2-c2nn[nH]n2)nc1. The van der Waals surface area contributed by atoms with Crippen molar-refractivity contribution >= 4 is 11.7 Å². The first-order valence-electron chi connectivity index (χ1n) is 6.31. The molecule has 3 rings (SSSR count). The third kappa shape index (κ3) is 2.76. The predicted octanol–water partition coefficient (Wildman–Crippen LogP) is 1.82. The van der Waals surface area contributed by atoms with Crippen LogP contribution < -0.4 is 5.32 Å². The molecule has 1 amide bonds. The number of carbonyl (C=O) groups excluding carboxylic acids is 1. The number of amides is 1. The van der Waals surface area contributed by atoms with Gasteiger partial charge in [-0.25, -0.2) is 4.98 Å². The van der Waals surface area contributed by atoms with Crippen LogP contribution in [0.1, 0.15) is 15.9 Å². The second kappa shape index (κ2) is 5.49. The number of aromatic nitrogens is 5. The number of aromatic amines is 1. The van der Waals surface area contributed by atoms with Gasteiger partial charge in [-0.1, -0.05) is 24.3 Å². The fourth-order valence-electron chi connectivity index (χ4n) is 1.88. The molecule has 0 saturated heterocycles. The van der Waals surface area contributed by atoms with Crippen molar-refractivity contribution in [1.82, 2.24) is 25.6 Å². The Balaban J connectivity index is 1.90. The van der Waals surface area contributed by atoms with Gasteiger partial charge in [0.2, 0.25) is 5.82 Å². The first kappa shape index (κ1) is 12.9. The van der Waals surface area contributed by atoms with Crippen molar-refractivity contribution in [3.63, 3.8) is 0 Å². The standard InChI is InChI=1S/C14H12N6O/c1-9-6-7-12(15-8-9)16-14(21)11-5-3-2-4-10(11)13-17-19-20-18-13/h2-8H,1H3,(H,15,16,21)(H,17,18,19,20). The second-order valence-corrected chi connectivity index (χ2v) is 4.46. The number of hydrogen-bond donors (Lipinski definition) is 2. The van der Waals surface area contributed by atoms with E-state index in [4.69, 9.17) is 0 Å². The third-order valence-corrected chi connectivity index (χ3v) is 2.91. The van der Waals surface area contributed by atoms with Crippen LogP contribution in [0.15, 0.2) is 42.6 Å². The van der Waals surface area contributed by atoms with E-state index < -0.39 is 0 Å². The number of benzene rings is 1. The highest BCUT2D eigenvalue weighted by Crippen LogP contribution is 2.20. The van der Waals surface area contributed by atoms with Crippen molar-refractivity contribution in [2.45, 2.75) is 6.92 Å². The molecule has 1 aromatic carbocycles. The van der Waals surface area contributed by atoms with Gasteiger partial charge < -0.3 is 5.32 Å². The summed E-state index contributed by atoms with van der Waals surface area (Å²) >= 11 is 0. The Labute approximate surface area is 120 Å². The van der Waals surface area contributed by atoms with E-state index in [0.29, 0.717) is 22.8 Å². The van der Waals surface area contributed by atoms with Crippen LogP contribution in [0.4, 0.5) is 5.82 Å². The minimum atomic E-state index is -0.272. The lowest BCUT2D eigenvalue weighted by Crippen LogP contribution is -2.14. The molecule has 0 spiro atoms. The number of H-pyrrole nitrogens is 1. The molecule has 7 nitrogen and oxygen atoms in total. The lowest BCUT2D eigenvalue weighted by atomic mass is 10.1. The number of carbonyl (C=O) groups is 1. The molecule has 0 aliphatic heterocycles. The van der Waals surface area contributed by atoms with Gasteiger partial charge in [0.05, 0.1) is 5.56 Å². The van der Waals surface area contributed by atoms with Crippen LogP contribution in [0.2, 0.25) is 0 Å². The van der Waals surface area contributed by atoms with E-state index in [-0.39, 0.29) is 5.91 Å². The minimum absolute atomic E-state index is 0.272. The number of aryl methyl sites for hydroxylation is 1. The average Bonchev–Trinajstić information content (AvgIpc) is 3.04. The summed E-state index contributed by atoms with van der Waals surface area (Å²) in [6.45, 7) is 1.93. The Bertz CT molecular complexity index is 751. The molecule has 0 fully saturated rings. The molecule has 7 heteroatoms. The summed E-state index contributed by atoms with van der Waals surface area (Å²) in [6.07, 6.45) is 1.70. The molecule has 0 aliphatic rings. The Kier molecular flexibility index (Phi) is 3.38. The molecule has 104 valence electrons. The molecule has 2 N–H and O–H groups in total. The van der Waals surface area contributed by atoms with E-state index >= 15 is 0 Å². The molecule has 2 heterocycles. The van der Waals surface area contributed by atoms with Crippen molar-refractivity contribution in [2.75, 3.05) is 5.32 Å². The zero-order valence-corrected chi connectivity index (χ0v) is 11.2. The first-order chi connectivity index (χ1) is 10.2. The number of hydrogen-bond acceptors (Lipinski definition) is 5. The van der Waals surface area contributed by atoms with Crippen molar-refractivity contribution in [3.8, 4) is 11.4 Å². The topological polar surface area (TPSA) is 96.5 Å². The molecule has 0 saturated carbocycles. The molecular formula is C14H12N6O. The summed E-state index contributed by atoms with van der Waals surface area (Å²) in [5.74, 6) is 0.595. The van der Waals surface area contributed by atoms with E-state index in [1.54, 1.807) is 30.5 Å². The summed E-state index contributed by atoms with van der Waals surface area (Å²) < 4.78 is 0. The largest absolute Gasteiger partial charge is 0.307 e. The fraction of sp³-hybridized carbons (Fsp3) is 0.0714. The normalized spacial score (nSPS) is 10.3. The highest BCUT2D eigenvalue weighted by Gasteiger charge is 2.15. The summed E-state index contributed by atoms with van der Waals surface area (Å²) in [4.78, 5) is 16.5. The lowest BCUT2D eigenvalue weighted by molar-refractivity contribution is 0.102. The first-order valence-corrected chi connectivity index (χ1v) is 6.31. The lowest BCUT2D eigenvalue weighted by Gasteiger charge is -2.07. The van der Waals surface area contributed by atoms with Gasteiger partial charge in [-0.3, -0.25) is 4.79 Å². The van der Waals surface area contributed by atoms with Crippen LogP contribution >= 0.6 is 0 Å². The Hall–Kier alpha value is -3.09. The summed E-state index contributed by atoms with van der Waals surface area (Å²) in [5.41, 5.74) is 2.09. The number of tetrazole rings is 1. The van der Waals surface area contributed by atoms with Crippen LogP contribution in [0, 0.1) is 6.92 Å². The van der Waals surface area contributed by atoms with E-state index in [1.165, 1.54) is 0 Å². The van der Waals surface area contributed by atoms with Gasteiger partial charge in [-0.15, -0.1) is 10.2 Å². The van der Waals surface area contributed by atoms with E-state index in [2.05, 4.69) is 30.9 Å². The van der Waals surface area contributed by atoms with Gasteiger partial charge in [0.25, 0.3) is 5.91 Å². The molecule has 3 aromatic rings. The summed E-state index contributed by atoms with van der Waals surface area (Å²) in [5, 5.41) is 16.5.